The predicted molar refractivity (Wildman–Crippen MR) is 98.8 cm³/mol. The molecule has 1 aliphatic carbocycles. The molecule has 1 spiro atoms. The smallest absolute Gasteiger partial charge is 0.387 e. The van der Waals surface area contributed by atoms with Crippen LogP contribution in [0.3, 0.4) is 0 Å². The quantitative estimate of drug-likeness (QED) is 0.619. The standard InChI is InChI=1S/C21H18F2N2O4/c22-19(23)29-16-7-5-14(6-8-16)17(26)12-25-18(27)21(24-20(25)28)10-9-13-3-1-2-4-15(13)11-21/h1-8,19H,9-12H2,(H,24,28). The second kappa shape index (κ2) is 7.27. The Kier molecular flexibility index (Phi) is 4.77. The van der Waals surface area contributed by atoms with Crippen LogP contribution < -0.4 is 10.1 Å². The zero-order valence-corrected chi connectivity index (χ0v) is 15.4. The number of rotatable bonds is 5. The van der Waals surface area contributed by atoms with Crippen LogP contribution in [0.15, 0.2) is 48.5 Å². The number of ketones is 1. The minimum Gasteiger partial charge on any atom is -0.435 e. The van der Waals surface area contributed by atoms with Crippen molar-refractivity contribution in [1.29, 1.82) is 0 Å². The summed E-state index contributed by atoms with van der Waals surface area (Å²) in [5.74, 6) is -0.959. The van der Waals surface area contributed by atoms with E-state index in [4.69, 9.17) is 0 Å². The van der Waals surface area contributed by atoms with Crippen LogP contribution in [-0.2, 0) is 17.6 Å². The number of imide groups is 1. The SMILES string of the molecule is O=C(CN1C(=O)NC2(CCc3ccccc3C2)C1=O)c1ccc(OC(F)F)cc1. The third-order valence-electron chi connectivity index (χ3n) is 5.38. The molecule has 1 unspecified atom stereocenters. The number of urea groups is 1. The van der Waals surface area contributed by atoms with Gasteiger partial charge in [0.2, 0.25) is 0 Å². The number of fused-ring (bicyclic) bond motifs is 1. The van der Waals surface area contributed by atoms with Crippen LogP contribution in [-0.4, -0.2) is 41.3 Å². The van der Waals surface area contributed by atoms with E-state index in [-0.39, 0.29) is 11.3 Å². The summed E-state index contributed by atoms with van der Waals surface area (Å²) in [6.45, 7) is -3.37. The summed E-state index contributed by atoms with van der Waals surface area (Å²) in [5.41, 5.74) is 1.33. The fourth-order valence-corrected chi connectivity index (χ4v) is 3.90. The number of hydrogen-bond acceptors (Lipinski definition) is 4. The molecule has 1 N–H and O–H groups in total. The highest BCUT2D eigenvalue weighted by Crippen LogP contribution is 2.33. The second-order valence-corrected chi connectivity index (χ2v) is 7.18. The molecule has 1 heterocycles. The lowest BCUT2D eigenvalue weighted by Crippen LogP contribution is -2.51. The highest BCUT2D eigenvalue weighted by Gasteiger charge is 2.52. The molecule has 0 saturated carbocycles. The van der Waals surface area contributed by atoms with Crippen molar-refractivity contribution in [3.63, 3.8) is 0 Å². The highest BCUT2D eigenvalue weighted by atomic mass is 19.3. The number of nitrogens with one attached hydrogen (secondary N) is 1. The van der Waals surface area contributed by atoms with Crippen LogP contribution in [0, 0.1) is 0 Å². The van der Waals surface area contributed by atoms with Crippen molar-refractivity contribution < 1.29 is 27.9 Å². The zero-order chi connectivity index (χ0) is 20.6. The van der Waals surface area contributed by atoms with Gasteiger partial charge in [-0.2, -0.15) is 8.78 Å². The van der Waals surface area contributed by atoms with Crippen LogP contribution in [0.25, 0.3) is 0 Å². The van der Waals surface area contributed by atoms with E-state index in [9.17, 15) is 23.2 Å². The van der Waals surface area contributed by atoms with E-state index in [1.54, 1.807) is 0 Å². The van der Waals surface area contributed by atoms with Crippen molar-refractivity contribution >= 4 is 17.7 Å². The van der Waals surface area contributed by atoms with Crippen molar-refractivity contribution in [3.8, 4) is 5.75 Å². The lowest BCUT2D eigenvalue weighted by atomic mass is 9.78. The molecule has 1 atom stereocenters. The summed E-state index contributed by atoms with van der Waals surface area (Å²) in [7, 11) is 0. The fourth-order valence-electron chi connectivity index (χ4n) is 3.90. The summed E-state index contributed by atoms with van der Waals surface area (Å²) in [5, 5.41) is 2.78. The van der Waals surface area contributed by atoms with Crippen molar-refractivity contribution in [1.82, 2.24) is 10.2 Å². The summed E-state index contributed by atoms with van der Waals surface area (Å²) < 4.78 is 28.7. The van der Waals surface area contributed by atoms with Crippen molar-refractivity contribution in [2.45, 2.75) is 31.4 Å². The van der Waals surface area contributed by atoms with Gasteiger partial charge in [0.05, 0.1) is 6.54 Å². The van der Waals surface area contributed by atoms with Gasteiger partial charge in [0.1, 0.15) is 11.3 Å². The maximum Gasteiger partial charge on any atom is 0.387 e. The van der Waals surface area contributed by atoms with Gasteiger partial charge in [-0.25, -0.2) is 4.79 Å². The number of ether oxygens (including phenoxy) is 1. The Bertz CT molecular complexity index is 977. The van der Waals surface area contributed by atoms with Crippen LogP contribution >= 0.6 is 0 Å². The van der Waals surface area contributed by atoms with Crippen molar-refractivity contribution in [2.24, 2.45) is 0 Å². The number of benzene rings is 2. The first-order chi connectivity index (χ1) is 13.9. The lowest BCUT2D eigenvalue weighted by molar-refractivity contribution is -0.131. The van der Waals surface area contributed by atoms with E-state index in [1.807, 2.05) is 24.3 Å². The molecule has 2 aromatic rings. The van der Waals surface area contributed by atoms with E-state index in [1.165, 1.54) is 24.3 Å². The summed E-state index contributed by atoms with van der Waals surface area (Å²) in [4.78, 5) is 38.9. The maximum atomic E-state index is 13.0. The average molecular weight is 400 g/mol. The van der Waals surface area contributed by atoms with E-state index in [0.717, 1.165) is 16.0 Å². The number of amides is 3. The summed E-state index contributed by atoms with van der Waals surface area (Å²) >= 11 is 0. The molecule has 1 aliphatic heterocycles. The topological polar surface area (TPSA) is 75.7 Å². The Morgan fingerprint density at radius 2 is 1.79 bits per heavy atom. The Morgan fingerprint density at radius 1 is 1.10 bits per heavy atom. The van der Waals surface area contributed by atoms with Gasteiger partial charge in [0, 0.05) is 12.0 Å². The molecule has 0 aromatic heterocycles. The molecule has 0 bridgehead atoms. The largest absolute Gasteiger partial charge is 0.435 e. The number of Topliss-reactive ketones (excluding diaryl/α,β-unsaturated/α-hetero) is 1. The van der Waals surface area contributed by atoms with Crippen LogP contribution in [0.4, 0.5) is 13.6 Å². The minimum absolute atomic E-state index is 0.0774. The lowest BCUT2D eigenvalue weighted by Gasteiger charge is -2.32. The molecule has 0 radical (unpaired) electrons. The van der Waals surface area contributed by atoms with E-state index in [0.29, 0.717) is 19.3 Å². The highest BCUT2D eigenvalue weighted by molar-refractivity contribution is 6.11. The number of nitrogens with zero attached hydrogens (tertiary/aromatic N) is 1. The summed E-state index contributed by atoms with van der Waals surface area (Å²) in [6.07, 6.45) is 1.52. The normalized spacial score (nSPS) is 20.7. The van der Waals surface area contributed by atoms with Gasteiger partial charge in [-0.05, 0) is 48.2 Å². The molecule has 4 rings (SSSR count). The van der Waals surface area contributed by atoms with Gasteiger partial charge >= 0.3 is 12.6 Å². The molecule has 3 amide bonds. The first kappa shape index (κ1) is 19.0. The van der Waals surface area contributed by atoms with Gasteiger partial charge in [-0.1, -0.05) is 24.3 Å². The number of carbonyl (C=O) groups excluding carboxylic acids is 3. The number of aryl methyl sites for hydroxylation is 1. The average Bonchev–Trinajstić information content (AvgIpc) is 2.92. The molecular weight excluding hydrogens is 382 g/mol. The molecule has 2 aliphatic rings. The number of carbonyl (C=O) groups is 3. The number of alkyl halides is 2. The van der Waals surface area contributed by atoms with Gasteiger partial charge in [-0.15, -0.1) is 0 Å². The third-order valence-corrected chi connectivity index (χ3v) is 5.38. The monoisotopic (exact) mass is 400 g/mol. The van der Waals surface area contributed by atoms with Gasteiger partial charge in [-0.3, -0.25) is 14.5 Å². The Hall–Kier alpha value is -3.29. The van der Waals surface area contributed by atoms with E-state index >= 15 is 0 Å². The first-order valence-electron chi connectivity index (χ1n) is 9.17. The van der Waals surface area contributed by atoms with Gasteiger partial charge in [0.15, 0.2) is 5.78 Å². The first-order valence-corrected chi connectivity index (χ1v) is 9.17. The molecular formula is C21H18F2N2O4. The van der Waals surface area contributed by atoms with E-state index < -0.39 is 36.4 Å². The van der Waals surface area contributed by atoms with Crippen molar-refractivity contribution in [3.05, 3.63) is 65.2 Å². The number of halogens is 2. The molecule has 2 aromatic carbocycles. The third kappa shape index (κ3) is 3.57. The summed E-state index contributed by atoms with van der Waals surface area (Å²) in [6, 6.07) is 12.3. The van der Waals surface area contributed by atoms with Gasteiger partial charge < -0.3 is 10.1 Å². The Morgan fingerprint density at radius 3 is 2.48 bits per heavy atom. The molecule has 150 valence electrons. The molecule has 6 nitrogen and oxygen atoms in total. The van der Waals surface area contributed by atoms with Crippen molar-refractivity contribution in [2.75, 3.05) is 6.54 Å². The van der Waals surface area contributed by atoms with Crippen LogP contribution in [0.1, 0.15) is 27.9 Å². The molecule has 1 fully saturated rings. The molecule has 29 heavy (non-hydrogen) atoms. The van der Waals surface area contributed by atoms with Crippen LogP contribution in [0.5, 0.6) is 5.75 Å². The van der Waals surface area contributed by atoms with E-state index in [2.05, 4.69) is 10.1 Å². The van der Waals surface area contributed by atoms with Gasteiger partial charge in [0.25, 0.3) is 5.91 Å². The maximum absolute atomic E-state index is 13.0. The molecule has 1 saturated heterocycles. The Labute approximate surface area is 165 Å². The minimum atomic E-state index is -2.96. The van der Waals surface area contributed by atoms with Crippen LogP contribution in [0.2, 0.25) is 0 Å². The fraction of sp³-hybridized carbons (Fsp3) is 0.286. The zero-order valence-electron chi connectivity index (χ0n) is 15.4. The second-order valence-electron chi connectivity index (χ2n) is 7.18. The Balaban J connectivity index is 1.48. The predicted octanol–water partition coefficient (Wildman–Crippen LogP) is 2.95. The number of hydrogen-bond donors (Lipinski definition) is 1. The molecule has 8 heteroatoms.